The molecule has 1 N–H and O–H groups in total. The first kappa shape index (κ1) is 15.9. The van der Waals surface area contributed by atoms with Crippen LogP contribution in [0.3, 0.4) is 0 Å². The highest BCUT2D eigenvalue weighted by Gasteiger charge is 2.22. The normalized spacial score (nSPS) is 11.9. The Morgan fingerprint density at radius 3 is 2.70 bits per heavy atom. The fraction of sp³-hybridized carbons (Fsp3) is 0.500. The van der Waals surface area contributed by atoms with Crippen LogP contribution in [0.2, 0.25) is 0 Å². The summed E-state index contributed by atoms with van der Waals surface area (Å²) in [6.07, 6.45) is 1.45. The van der Waals surface area contributed by atoms with Gasteiger partial charge in [0.25, 0.3) is 0 Å². The van der Waals surface area contributed by atoms with Crippen molar-refractivity contribution in [1.82, 2.24) is 0 Å². The number of aryl methyl sites for hydroxylation is 1. The van der Waals surface area contributed by atoms with E-state index in [0.717, 1.165) is 24.2 Å². The zero-order valence-electron chi connectivity index (χ0n) is 11.7. The van der Waals surface area contributed by atoms with Gasteiger partial charge in [-0.05, 0) is 23.6 Å². The van der Waals surface area contributed by atoms with Gasteiger partial charge in [-0.3, -0.25) is 14.9 Å². The molecule has 0 aliphatic heterocycles. The number of hydrogen-bond acceptors (Lipinski definition) is 4. The van der Waals surface area contributed by atoms with Gasteiger partial charge in [0, 0.05) is 4.92 Å². The minimum absolute atomic E-state index is 0.251. The topological polar surface area (TPSA) is 89.7 Å². The summed E-state index contributed by atoms with van der Waals surface area (Å²) in [6, 6.07) is 5.27. The van der Waals surface area contributed by atoms with Gasteiger partial charge in [0.2, 0.25) is 6.54 Å². The number of aliphatic carboxylic acids is 1. The maximum atomic E-state index is 10.9. The van der Waals surface area contributed by atoms with Gasteiger partial charge in [-0.2, -0.15) is 0 Å². The van der Waals surface area contributed by atoms with E-state index in [1.54, 1.807) is 19.2 Å². The Morgan fingerprint density at radius 2 is 2.20 bits per heavy atom. The summed E-state index contributed by atoms with van der Waals surface area (Å²) < 4.78 is 5.24. The van der Waals surface area contributed by atoms with E-state index in [1.165, 1.54) is 0 Å². The third-order valence-corrected chi connectivity index (χ3v) is 3.09. The Labute approximate surface area is 117 Å². The first-order chi connectivity index (χ1) is 9.47. The molecule has 0 saturated heterocycles. The first-order valence-corrected chi connectivity index (χ1v) is 6.48. The number of ether oxygens (including phenoxy) is 1. The van der Waals surface area contributed by atoms with Gasteiger partial charge in [0.05, 0.1) is 19.4 Å². The van der Waals surface area contributed by atoms with Crippen molar-refractivity contribution in [3.63, 3.8) is 0 Å². The third-order valence-electron chi connectivity index (χ3n) is 3.09. The van der Waals surface area contributed by atoms with Crippen molar-refractivity contribution >= 4 is 5.97 Å². The van der Waals surface area contributed by atoms with Crippen molar-refractivity contribution in [3.8, 4) is 5.75 Å². The molecule has 0 saturated carbocycles. The highest BCUT2D eigenvalue weighted by Crippen LogP contribution is 2.27. The number of carboxylic acids is 1. The summed E-state index contributed by atoms with van der Waals surface area (Å²) in [6.45, 7) is 1.64. The minimum atomic E-state index is -1.04. The zero-order chi connectivity index (χ0) is 15.1. The van der Waals surface area contributed by atoms with Crippen molar-refractivity contribution in [2.45, 2.75) is 32.1 Å². The quantitative estimate of drug-likeness (QED) is 0.584. The Bertz CT molecular complexity index is 470. The fourth-order valence-electron chi connectivity index (χ4n) is 2.20. The maximum absolute atomic E-state index is 10.9. The van der Waals surface area contributed by atoms with Gasteiger partial charge >= 0.3 is 5.97 Å². The van der Waals surface area contributed by atoms with Crippen LogP contribution in [-0.4, -0.2) is 29.7 Å². The number of methoxy groups -OCH3 is 1. The minimum Gasteiger partial charge on any atom is -0.496 e. The number of nitrogens with zero attached hydrogens (tertiary/aromatic N) is 1. The summed E-state index contributed by atoms with van der Waals surface area (Å²) in [5.74, 6) is -0.931. The van der Waals surface area contributed by atoms with Crippen LogP contribution < -0.4 is 4.74 Å². The summed E-state index contributed by atoms with van der Waals surface area (Å²) in [5.41, 5.74) is 1.62. The summed E-state index contributed by atoms with van der Waals surface area (Å²) >= 11 is 0. The molecule has 1 unspecified atom stereocenters. The van der Waals surface area contributed by atoms with E-state index >= 15 is 0 Å². The SMILES string of the molecule is CCCc1cc(C(CC(=O)O)C[N+](=O)[O-])ccc1OC. The van der Waals surface area contributed by atoms with Crippen LogP contribution in [0.5, 0.6) is 5.75 Å². The lowest BCUT2D eigenvalue weighted by molar-refractivity contribution is -0.483. The molecule has 0 bridgehead atoms. The molecule has 0 aliphatic carbocycles. The Morgan fingerprint density at radius 1 is 1.50 bits per heavy atom. The molecule has 0 amide bonds. The molecule has 110 valence electrons. The molecule has 0 fully saturated rings. The van der Waals surface area contributed by atoms with Crippen LogP contribution in [0, 0.1) is 10.1 Å². The average Bonchev–Trinajstić information content (AvgIpc) is 2.37. The predicted octanol–water partition coefficient (Wildman–Crippen LogP) is 2.48. The van der Waals surface area contributed by atoms with Crippen LogP contribution in [0.4, 0.5) is 0 Å². The Balaban J connectivity index is 3.08. The lowest BCUT2D eigenvalue weighted by Gasteiger charge is -2.14. The molecule has 0 aromatic heterocycles. The van der Waals surface area contributed by atoms with Crippen molar-refractivity contribution in [2.75, 3.05) is 13.7 Å². The molecular weight excluding hydrogens is 262 g/mol. The Hall–Kier alpha value is -2.11. The monoisotopic (exact) mass is 281 g/mol. The Kier molecular flexibility index (Phi) is 5.96. The zero-order valence-corrected chi connectivity index (χ0v) is 11.7. The number of rotatable bonds is 8. The number of benzene rings is 1. The second-order valence-corrected chi connectivity index (χ2v) is 4.63. The lowest BCUT2D eigenvalue weighted by atomic mass is 9.93. The first-order valence-electron chi connectivity index (χ1n) is 6.48. The molecular formula is C14H19NO5. The average molecular weight is 281 g/mol. The van der Waals surface area contributed by atoms with E-state index in [9.17, 15) is 14.9 Å². The van der Waals surface area contributed by atoms with E-state index in [0.29, 0.717) is 5.56 Å². The molecule has 1 aromatic carbocycles. The number of carboxylic acid groups (broad SMARTS) is 1. The largest absolute Gasteiger partial charge is 0.496 e. The van der Waals surface area contributed by atoms with E-state index in [4.69, 9.17) is 9.84 Å². The standard InChI is InChI=1S/C14H19NO5/c1-3-4-11-7-10(5-6-13(11)20-2)12(8-14(16)17)9-15(18)19/h5-7,12H,3-4,8-9H2,1-2H3,(H,16,17). The van der Waals surface area contributed by atoms with Crippen LogP contribution in [0.25, 0.3) is 0 Å². The van der Waals surface area contributed by atoms with Gasteiger partial charge in [0.1, 0.15) is 5.75 Å². The van der Waals surface area contributed by atoms with Crippen LogP contribution in [0.1, 0.15) is 36.8 Å². The van der Waals surface area contributed by atoms with Gasteiger partial charge < -0.3 is 9.84 Å². The maximum Gasteiger partial charge on any atom is 0.304 e. The molecule has 0 heterocycles. The number of nitro groups is 1. The van der Waals surface area contributed by atoms with E-state index in [2.05, 4.69) is 0 Å². The number of carbonyl (C=O) groups is 1. The highest BCUT2D eigenvalue weighted by atomic mass is 16.6. The molecule has 1 atom stereocenters. The van der Waals surface area contributed by atoms with Crippen LogP contribution >= 0.6 is 0 Å². The van der Waals surface area contributed by atoms with E-state index in [-0.39, 0.29) is 13.0 Å². The predicted molar refractivity (Wildman–Crippen MR) is 73.8 cm³/mol. The summed E-state index contributed by atoms with van der Waals surface area (Å²) in [4.78, 5) is 21.1. The lowest BCUT2D eigenvalue weighted by Crippen LogP contribution is -2.16. The van der Waals surface area contributed by atoms with Crippen LogP contribution in [0.15, 0.2) is 18.2 Å². The molecule has 6 heteroatoms. The second kappa shape index (κ2) is 7.47. The summed E-state index contributed by atoms with van der Waals surface area (Å²) in [7, 11) is 1.57. The van der Waals surface area contributed by atoms with Gasteiger partial charge in [-0.15, -0.1) is 0 Å². The molecule has 0 radical (unpaired) electrons. The van der Waals surface area contributed by atoms with Gasteiger partial charge in [-0.25, -0.2) is 0 Å². The molecule has 6 nitrogen and oxygen atoms in total. The smallest absolute Gasteiger partial charge is 0.304 e. The van der Waals surface area contributed by atoms with Crippen LogP contribution in [-0.2, 0) is 11.2 Å². The molecule has 1 aromatic rings. The number of hydrogen-bond donors (Lipinski definition) is 1. The molecule has 0 spiro atoms. The van der Waals surface area contributed by atoms with E-state index < -0.39 is 16.8 Å². The van der Waals surface area contributed by atoms with Gasteiger partial charge in [-0.1, -0.05) is 25.5 Å². The van der Waals surface area contributed by atoms with Crippen molar-refractivity contribution in [1.29, 1.82) is 0 Å². The van der Waals surface area contributed by atoms with E-state index in [1.807, 2.05) is 13.0 Å². The molecule has 20 heavy (non-hydrogen) atoms. The second-order valence-electron chi connectivity index (χ2n) is 4.63. The highest BCUT2D eigenvalue weighted by molar-refractivity contribution is 5.68. The molecule has 1 rings (SSSR count). The third kappa shape index (κ3) is 4.53. The van der Waals surface area contributed by atoms with Crippen molar-refractivity contribution in [3.05, 3.63) is 39.4 Å². The summed E-state index contributed by atoms with van der Waals surface area (Å²) in [5, 5.41) is 19.6. The molecule has 0 aliphatic rings. The fourth-order valence-corrected chi connectivity index (χ4v) is 2.20. The van der Waals surface area contributed by atoms with Crippen molar-refractivity contribution < 1.29 is 19.6 Å². The van der Waals surface area contributed by atoms with Gasteiger partial charge in [0.15, 0.2) is 0 Å². The van der Waals surface area contributed by atoms with Crippen molar-refractivity contribution in [2.24, 2.45) is 0 Å².